The van der Waals surface area contributed by atoms with Crippen molar-refractivity contribution in [3.8, 4) is 0 Å². The van der Waals surface area contributed by atoms with Gasteiger partial charge in [-0.2, -0.15) is 0 Å². The van der Waals surface area contributed by atoms with Crippen LogP contribution in [0.2, 0.25) is 5.02 Å². The highest BCUT2D eigenvalue weighted by Gasteiger charge is 2.61. The van der Waals surface area contributed by atoms with E-state index in [0.29, 0.717) is 23.5 Å². The molecule has 4 heteroatoms. The molecule has 0 N–H and O–H groups in total. The average molecular weight is 308 g/mol. The largest absolute Gasteiger partial charge is 0.377 e. The van der Waals surface area contributed by atoms with Gasteiger partial charge >= 0.3 is 0 Å². The quantitative estimate of drug-likeness (QED) is 0.858. The van der Waals surface area contributed by atoms with Gasteiger partial charge in [0.25, 0.3) is 0 Å². The molecule has 1 saturated carbocycles. The van der Waals surface area contributed by atoms with E-state index in [-0.39, 0.29) is 17.4 Å². The lowest BCUT2D eigenvalue weighted by Gasteiger charge is -2.57. The van der Waals surface area contributed by atoms with Gasteiger partial charge in [-0.15, -0.1) is 0 Å². The Hall–Kier alpha value is -1.06. The molecule has 1 aliphatic heterocycles. The first kappa shape index (κ1) is 14.9. The molecule has 3 atom stereocenters. The van der Waals surface area contributed by atoms with Crippen LogP contribution in [0, 0.1) is 11.3 Å². The normalized spacial score (nSPS) is 29.6. The molecule has 21 heavy (non-hydrogen) atoms. The van der Waals surface area contributed by atoms with E-state index >= 15 is 0 Å². The van der Waals surface area contributed by atoms with Crippen LogP contribution in [0.25, 0.3) is 0 Å². The third-order valence-corrected chi connectivity index (χ3v) is 5.37. The van der Waals surface area contributed by atoms with Crippen LogP contribution in [-0.4, -0.2) is 36.6 Å². The maximum atomic E-state index is 12.6. The zero-order chi connectivity index (χ0) is 15.2. The molecule has 1 aromatic rings. The number of amides is 1. The minimum Gasteiger partial charge on any atom is -0.377 e. The van der Waals surface area contributed by atoms with Crippen molar-refractivity contribution < 1.29 is 9.53 Å². The number of rotatable bonds is 3. The zero-order valence-corrected chi connectivity index (χ0v) is 13.6. The smallest absolute Gasteiger partial charge is 0.227 e. The molecule has 3 nitrogen and oxygen atoms in total. The summed E-state index contributed by atoms with van der Waals surface area (Å²) < 4.78 is 5.81. The van der Waals surface area contributed by atoms with Crippen molar-refractivity contribution in [2.24, 2.45) is 11.3 Å². The number of carbonyl (C=O) groups excluding carboxylic acids is 1. The van der Waals surface area contributed by atoms with Crippen LogP contribution in [0.5, 0.6) is 0 Å². The molecule has 0 aromatic heterocycles. The first-order chi connectivity index (χ1) is 9.91. The van der Waals surface area contributed by atoms with Crippen LogP contribution in [0.1, 0.15) is 25.8 Å². The lowest BCUT2D eigenvalue weighted by atomic mass is 9.57. The lowest BCUT2D eigenvalue weighted by Crippen LogP contribution is -2.67. The molecule has 1 aliphatic carbocycles. The standard InChI is InChI=1S/C17H22ClNO2/c1-17(2)15(13-8-9-21-16(13)17)19(3)14(20)10-11-4-6-12(18)7-5-11/h4-7,13,15-16H,8-10H2,1-3H3/t13-,15-,16+/m1/s1. The van der Waals surface area contributed by atoms with E-state index in [0.717, 1.165) is 18.6 Å². The molecule has 2 aliphatic rings. The molecule has 1 heterocycles. The topological polar surface area (TPSA) is 29.5 Å². The van der Waals surface area contributed by atoms with E-state index in [1.165, 1.54) is 0 Å². The maximum Gasteiger partial charge on any atom is 0.227 e. The molecule has 1 saturated heterocycles. The summed E-state index contributed by atoms with van der Waals surface area (Å²) in [6.07, 6.45) is 1.81. The van der Waals surface area contributed by atoms with Crippen LogP contribution < -0.4 is 0 Å². The fourth-order valence-electron chi connectivity index (χ4n) is 4.14. The SMILES string of the molecule is CN(C(=O)Cc1ccc(Cl)cc1)[C@@H]1[C@H]2CCO[C@@H]2C1(C)C. The van der Waals surface area contributed by atoms with Crippen molar-refractivity contribution >= 4 is 17.5 Å². The summed E-state index contributed by atoms with van der Waals surface area (Å²) in [6, 6.07) is 7.78. The zero-order valence-electron chi connectivity index (χ0n) is 12.8. The van der Waals surface area contributed by atoms with Gasteiger partial charge in [-0.05, 0) is 24.1 Å². The van der Waals surface area contributed by atoms with Crippen LogP contribution in [0.3, 0.4) is 0 Å². The number of hydrogen-bond acceptors (Lipinski definition) is 2. The minimum absolute atomic E-state index is 0.0472. The Morgan fingerprint density at radius 3 is 2.71 bits per heavy atom. The van der Waals surface area contributed by atoms with E-state index in [1.54, 1.807) is 0 Å². The number of ether oxygens (including phenoxy) is 1. The van der Waals surface area contributed by atoms with Crippen molar-refractivity contribution in [3.63, 3.8) is 0 Å². The van der Waals surface area contributed by atoms with E-state index in [9.17, 15) is 4.79 Å². The number of fused-ring (bicyclic) bond motifs is 1. The summed E-state index contributed by atoms with van der Waals surface area (Å²) in [5.41, 5.74) is 1.05. The molecule has 114 valence electrons. The summed E-state index contributed by atoms with van der Waals surface area (Å²) in [7, 11) is 1.93. The number of hydrogen-bond donors (Lipinski definition) is 0. The summed E-state index contributed by atoms with van der Waals surface area (Å²) >= 11 is 5.88. The van der Waals surface area contributed by atoms with E-state index in [1.807, 2.05) is 36.2 Å². The number of nitrogens with zero attached hydrogens (tertiary/aromatic N) is 1. The molecule has 2 fully saturated rings. The predicted molar refractivity (Wildman–Crippen MR) is 83.3 cm³/mol. The summed E-state index contributed by atoms with van der Waals surface area (Å²) in [6.45, 7) is 5.24. The highest BCUT2D eigenvalue weighted by atomic mass is 35.5. The molecular formula is C17H22ClNO2. The lowest BCUT2D eigenvalue weighted by molar-refractivity contribution is -0.166. The van der Waals surface area contributed by atoms with Gasteiger partial charge in [0.05, 0.1) is 12.5 Å². The van der Waals surface area contributed by atoms with E-state index < -0.39 is 0 Å². The fourth-order valence-corrected chi connectivity index (χ4v) is 4.27. The summed E-state index contributed by atoms with van der Waals surface area (Å²) in [5.74, 6) is 0.667. The Kier molecular flexibility index (Phi) is 3.74. The number of carbonyl (C=O) groups is 1. The van der Waals surface area contributed by atoms with Gasteiger partial charge in [0.1, 0.15) is 0 Å². The fraction of sp³-hybridized carbons (Fsp3) is 0.588. The maximum absolute atomic E-state index is 12.6. The van der Waals surface area contributed by atoms with Gasteiger partial charge < -0.3 is 9.64 Å². The molecule has 3 rings (SSSR count). The third-order valence-electron chi connectivity index (χ3n) is 5.12. The highest BCUT2D eigenvalue weighted by molar-refractivity contribution is 6.30. The second-order valence-corrected chi connectivity index (χ2v) is 7.25. The first-order valence-corrected chi connectivity index (χ1v) is 7.91. The van der Waals surface area contributed by atoms with Gasteiger partial charge in [-0.3, -0.25) is 4.79 Å². The van der Waals surface area contributed by atoms with E-state index in [4.69, 9.17) is 16.3 Å². The van der Waals surface area contributed by atoms with Gasteiger partial charge in [-0.25, -0.2) is 0 Å². The monoisotopic (exact) mass is 307 g/mol. The number of benzene rings is 1. The van der Waals surface area contributed by atoms with Crippen molar-refractivity contribution in [1.82, 2.24) is 4.90 Å². The van der Waals surface area contributed by atoms with Crippen LogP contribution in [0.15, 0.2) is 24.3 Å². The van der Waals surface area contributed by atoms with Gasteiger partial charge in [0, 0.05) is 36.1 Å². The molecule has 0 bridgehead atoms. The number of halogens is 1. The number of likely N-dealkylation sites (N-methyl/N-ethyl adjacent to an activating group) is 1. The van der Waals surface area contributed by atoms with Crippen molar-refractivity contribution in [3.05, 3.63) is 34.9 Å². The van der Waals surface area contributed by atoms with Crippen molar-refractivity contribution in [1.29, 1.82) is 0 Å². The molecule has 1 amide bonds. The minimum atomic E-state index is 0.0472. The summed E-state index contributed by atoms with van der Waals surface area (Å²) in [5, 5.41) is 0.700. The van der Waals surface area contributed by atoms with Gasteiger partial charge in [0.15, 0.2) is 0 Å². The van der Waals surface area contributed by atoms with Gasteiger partial charge in [-0.1, -0.05) is 37.6 Å². The van der Waals surface area contributed by atoms with Crippen LogP contribution >= 0.6 is 11.6 Å². The molecular weight excluding hydrogens is 286 g/mol. The third kappa shape index (κ3) is 2.47. The Labute approximate surface area is 131 Å². The second-order valence-electron chi connectivity index (χ2n) is 6.82. The summed E-state index contributed by atoms with van der Waals surface area (Å²) in [4.78, 5) is 14.5. The molecule has 0 unspecified atom stereocenters. The second kappa shape index (κ2) is 5.29. The van der Waals surface area contributed by atoms with Crippen molar-refractivity contribution in [2.45, 2.75) is 38.8 Å². The first-order valence-electron chi connectivity index (χ1n) is 7.53. The predicted octanol–water partition coefficient (Wildman–Crippen LogP) is 3.15. The molecule has 0 spiro atoms. The average Bonchev–Trinajstić information content (AvgIpc) is 2.87. The Bertz CT molecular complexity index is 540. The van der Waals surface area contributed by atoms with E-state index in [2.05, 4.69) is 13.8 Å². The van der Waals surface area contributed by atoms with Crippen molar-refractivity contribution in [2.75, 3.05) is 13.7 Å². The van der Waals surface area contributed by atoms with Gasteiger partial charge in [0.2, 0.25) is 5.91 Å². The Morgan fingerprint density at radius 1 is 1.38 bits per heavy atom. The Balaban J connectivity index is 1.69. The molecule has 0 radical (unpaired) electrons. The van der Waals surface area contributed by atoms with Crippen LogP contribution in [0.4, 0.5) is 0 Å². The Morgan fingerprint density at radius 2 is 2.05 bits per heavy atom. The van der Waals surface area contributed by atoms with Crippen LogP contribution in [-0.2, 0) is 16.0 Å². The molecule has 1 aromatic carbocycles. The highest BCUT2D eigenvalue weighted by Crippen LogP contribution is 2.54.